The number of aliphatic hydroxyl groups is 1. The quantitative estimate of drug-likeness (QED) is 0.526. The summed E-state index contributed by atoms with van der Waals surface area (Å²) in [6, 6.07) is 10.0. The number of ether oxygens (including phenoxy) is 1. The van der Waals surface area contributed by atoms with Gasteiger partial charge in [0, 0.05) is 31.1 Å². The summed E-state index contributed by atoms with van der Waals surface area (Å²) in [4.78, 5) is 14.8. The Balaban J connectivity index is 1.72. The Labute approximate surface area is 199 Å². The van der Waals surface area contributed by atoms with E-state index in [0.717, 1.165) is 52.7 Å². The van der Waals surface area contributed by atoms with Crippen molar-refractivity contribution in [3.63, 3.8) is 0 Å². The first-order valence-corrected chi connectivity index (χ1v) is 11.9. The largest absolute Gasteiger partial charge is 0.466 e. The third-order valence-electron chi connectivity index (χ3n) is 6.48. The summed E-state index contributed by atoms with van der Waals surface area (Å²) >= 11 is 6.57. The summed E-state index contributed by atoms with van der Waals surface area (Å²) in [7, 11) is 1.87. The normalized spacial score (nSPS) is 17.9. The van der Waals surface area contributed by atoms with E-state index in [-0.39, 0.29) is 24.4 Å². The average Bonchev–Trinajstić information content (AvgIpc) is 3.16. The van der Waals surface area contributed by atoms with Crippen LogP contribution in [0, 0.1) is 6.92 Å². The van der Waals surface area contributed by atoms with E-state index >= 15 is 0 Å². The number of hydrogen-bond acceptors (Lipinski definition) is 6. The maximum Gasteiger partial charge on any atom is 0.306 e. The van der Waals surface area contributed by atoms with Gasteiger partial charge in [0.05, 0.1) is 24.6 Å². The second-order valence-corrected chi connectivity index (χ2v) is 9.21. The summed E-state index contributed by atoms with van der Waals surface area (Å²) in [5.74, 6) is -0.435. The number of carbonyl (C=O) groups excluding carboxylic acids is 1. The number of hydrogen-bond donors (Lipinski definition) is 1. The number of benzene rings is 2. The zero-order valence-corrected chi connectivity index (χ0v) is 20.2. The molecule has 1 fully saturated rings. The molecular formula is C25H31ClN4O3. The topological polar surface area (TPSA) is 80.5 Å². The van der Waals surface area contributed by atoms with Gasteiger partial charge in [0.15, 0.2) is 0 Å². The van der Waals surface area contributed by atoms with E-state index in [0.29, 0.717) is 24.7 Å². The van der Waals surface area contributed by atoms with Crippen LogP contribution in [-0.4, -0.2) is 56.8 Å². The predicted molar refractivity (Wildman–Crippen MR) is 128 cm³/mol. The summed E-state index contributed by atoms with van der Waals surface area (Å²) < 4.78 is 7.05. The van der Waals surface area contributed by atoms with Crippen molar-refractivity contribution < 1.29 is 14.6 Å². The van der Waals surface area contributed by atoms with Crippen LogP contribution in [0.2, 0.25) is 5.02 Å². The van der Waals surface area contributed by atoms with Gasteiger partial charge in [-0.1, -0.05) is 35.0 Å². The summed E-state index contributed by atoms with van der Waals surface area (Å²) in [5.41, 5.74) is 5.82. The van der Waals surface area contributed by atoms with E-state index in [2.05, 4.69) is 27.3 Å². The Morgan fingerprint density at radius 1 is 1.33 bits per heavy atom. The lowest BCUT2D eigenvalue weighted by Crippen LogP contribution is -2.37. The fourth-order valence-corrected chi connectivity index (χ4v) is 4.95. The van der Waals surface area contributed by atoms with Crippen molar-refractivity contribution in [2.75, 3.05) is 19.7 Å². The zero-order chi connectivity index (χ0) is 23.5. The van der Waals surface area contributed by atoms with Gasteiger partial charge in [-0.05, 0) is 67.6 Å². The molecule has 3 aromatic rings. The maximum absolute atomic E-state index is 12.6. The minimum Gasteiger partial charge on any atom is -0.466 e. The zero-order valence-electron chi connectivity index (χ0n) is 19.4. The molecule has 2 heterocycles. The highest BCUT2D eigenvalue weighted by Gasteiger charge is 2.25. The van der Waals surface area contributed by atoms with Crippen molar-refractivity contribution >= 4 is 28.6 Å². The number of rotatable bonds is 7. The summed E-state index contributed by atoms with van der Waals surface area (Å²) in [6.07, 6.45) is 1.75. The Hall–Kier alpha value is -2.48. The molecule has 33 heavy (non-hydrogen) atoms. The number of aromatic nitrogens is 3. The number of esters is 1. The Morgan fingerprint density at radius 3 is 2.91 bits per heavy atom. The summed E-state index contributed by atoms with van der Waals surface area (Å²) in [5, 5.41) is 19.2. The molecule has 1 aromatic heterocycles. The summed E-state index contributed by atoms with van der Waals surface area (Å²) in [6.45, 7) is 6.43. The molecule has 0 aliphatic carbocycles. The maximum atomic E-state index is 12.6. The number of aryl methyl sites for hydroxylation is 2. The molecule has 2 aromatic carbocycles. The third kappa shape index (κ3) is 5.21. The second-order valence-electron chi connectivity index (χ2n) is 8.80. The van der Waals surface area contributed by atoms with Gasteiger partial charge in [-0.2, -0.15) is 0 Å². The van der Waals surface area contributed by atoms with Crippen molar-refractivity contribution in [3.05, 3.63) is 57.6 Å². The van der Waals surface area contributed by atoms with E-state index in [1.807, 2.05) is 39.1 Å². The van der Waals surface area contributed by atoms with Gasteiger partial charge >= 0.3 is 5.97 Å². The average molecular weight is 471 g/mol. The molecule has 0 amide bonds. The number of likely N-dealkylation sites (tertiary alicyclic amines) is 1. The number of carbonyl (C=O) groups is 1. The lowest BCUT2D eigenvalue weighted by molar-refractivity contribution is -0.143. The minimum atomic E-state index is -0.293. The first-order valence-electron chi connectivity index (χ1n) is 11.5. The molecule has 1 saturated heterocycles. The predicted octanol–water partition coefficient (Wildman–Crippen LogP) is 3.97. The van der Waals surface area contributed by atoms with E-state index in [4.69, 9.17) is 16.3 Å². The second kappa shape index (κ2) is 10.2. The van der Waals surface area contributed by atoms with E-state index in [1.165, 1.54) is 0 Å². The van der Waals surface area contributed by atoms with Gasteiger partial charge in [0.1, 0.15) is 5.52 Å². The minimum absolute atomic E-state index is 0.196. The van der Waals surface area contributed by atoms with Crippen LogP contribution in [0.5, 0.6) is 0 Å². The van der Waals surface area contributed by atoms with Crippen LogP contribution >= 0.6 is 11.6 Å². The number of piperidine rings is 1. The molecule has 1 aliphatic heterocycles. The van der Waals surface area contributed by atoms with Crippen molar-refractivity contribution in [1.29, 1.82) is 0 Å². The van der Waals surface area contributed by atoms with Gasteiger partial charge in [0.25, 0.3) is 0 Å². The van der Waals surface area contributed by atoms with Crippen LogP contribution in [0.1, 0.15) is 54.4 Å². The number of halogens is 1. The molecule has 176 valence electrons. The molecule has 0 radical (unpaired) electrons. The Morgan fingerprint density at radius 2 is 2.15 bits per heavy atom. The highest BCUT2D eigenvalue weighted by molar-refractivity contribution is 6.31. The van der Waals surface area contributed by atoms with Gasteiger partial charge in [0.2, 0.25) is 0 Å². The number of fused-ring (bicyclic) bond motifs is 1. The molecular weight excluding hydrogens is 440 g/mol. The molecule has 0 spiro atoms. The van der Waals surface area contributed by atoms with Gasteiger partial charge < -0.3 is 9.84 Å². The Kier molecular flexibility index (Phi) is 7.32. The lowest BCUT2D eigenvalue weighted by atomic mass is 9.85. The number of β-amino-alcohol motifs (C(OH)–C–C–N with tert-alkyl or cyclic N) is 1. The third-order valence-corrected chi connectivity index (χ3v) is 6.85. The van der Waals surface area contributed by atoms with Crippen LogP contribution in [0.3, 0.4) is 0 Å². The molecule has 8 heteroatoms. The van der Waals surface area contributed by atoms with Crippen molar-refractivity contribution in [2.24, 2.45) is 7.05 Å². The van der Waals surface area contributed by atoms with Crippen LogP contribution in [0.25, 0.3) is 11.0 Å². The number of nitrogens with zero attached hydrogens (tertiary/aromatic N) is 4. The van der Waals surface area contributed by atoms with E-state index in [9.17, 15) is 9.90 Å². The van der Waals surface area contributed by atoms with E-state index < -0.39 is 0 Å². The van der Waals surface area contributed by atoms with Gasteiger partial charge in [-0.15, -0.1) is 5.10 Å². The fraction of sp³-hybridized carbons (Fsp3) is 0.480. The lowest BCUT2D eigenvalue weighted by Gasteiger charge is -2.30. The molecule has 0 saturated carbocycles. The molecule has 1 N–H and O–H groups in total. The smallest absolute Gasteiger partial charge is 0.306 e. The van der Waals surface area contributed by atoms with Crippen LogP contribution < -0.4 is 0 Å². The van der Waals surface area contributed by atoms with Crippen molar-refractivity contribution in [2.45, 2.75) is 51.7 Å². The molecule has 2 unspecified atom stereocenters. The highest BCUT2D eigenvalue weighted by atomic mass is 35.5. The van der Waals surface area contributed by atoms with E-state index in [1.54, 1.807) is 4.68 Å². The first-order chi connectivity index (χ1) is 15.9. The van der Waals surface area contributed by atoms with Crippen molar-refractivity contribution in [3.8, 4) is 0 Å². The SMILES string of the molecule is CCOC(=O)CC(c1ccc(Cl)c(CN2CCCC(O)C2)c1)c1ccc2c(nnn2C)c1C. The van der Waals surface area contributed by atoms with Crippen LogP contribution in [-0.2, 0) is 23.1 Å². The molecule has 2 atom stereocenters. The fourth-order valence-electron chi connectivity index (χ4n) is 4.77. The number of aliphatic hydroxyl groups excluding tert-OH is 1. The Bertz CT molecular complexity index is 1150. The first kappa shape index (κ1) is 23.7. The van der Waals surface area contributed by atoms with Crippen molar-refractivity contribution in [1.82, 2.24) is 19.9 Å². The molecule has 0 bridgehead atoms. The standard InChI is InChI=1S/C25H31ClN4O3/c1-4-33-24(32)13-21(20-8-10-23-25(16(20)2)27-28-29(23)3)17-7-9-22(26)18(12-17)14-30-11-5-6-19(31)15-30/h7-10,12,19,21,31H,4-6,11,13-15H2,1-3H3. The molecule has 7 nitrogen and oxygen atoms in total. The monoisotopic (exact) mass is 470 g/mol. The van der Waals surface area contributed by atoms with Gasteiger partial charge in [-0.25, -0.2) is 4.68 Å². The van der Waals surface area contributed by atoms with Crippen LogP contribution in [0.4, 0.5) is 0 Å². The molecule has 4 rings (SSSR count). The van der Waals surface area contributed by atoms with Crippen LogP contribution in [0.15, 0.2) is 30.3 Å². The molecule has 1 aliphatic rings. The van der Waals surface area contributed by atoms with Gasteiger partial charge in [-0.3, -0.25) is 9.69 Å². The highest BCUT2D eigenvalue weighted by Crippen LogP contribution is 2.35.